The minimum atomic E-state index is -1.48. The van der Waals surface area contributed by atoms with Crippen LogP contribution in [0.5, 0.6) is 0 Å². The van der Waals surface area contributed by atoms with E-state index in [0.29, 0.717) is 78.0 Å². The van der Waals surface area contributed by atoms with Crippen LogP contribution in [0.25, 0.3) is 43.9 Å². The van der Waals surface area contributed by atoms with E-state index >= 15 is 0 Å². The minimum absolute atomic E-state index is 0. The van der Waals surface area contributed by atoms with Crippen molar-refractivity contribution >= 4 is 98.6 Å². The molecule has 0 aliphatic carbocycles. The third-order valence-corrected chi connectivity index (χ3v) is 12.0. The molecule has 21 heteroatoms. The van der Waals surface area contributed by atoms with Crippen molar-refractivity contribution in [2.45, 2.75) is 125 Å². The lowest BCUT2D eigenvalue weighted by Crippen LogP contribution is -2.32. The molecule has 8 rings (SSSR count). The second kappa shape index (κ2) is 29.6. The third-order valence-electron chi connectivity index (χ3n) is 10.6. The van der Waals surface area contributed by atoms with Crippen LogP contribution in [-0.4, -0.2) is 43.2 Å². The van der Waals surface area contributed by atoms with Crippen molar-refractivity contribution in [3.05, 3.63) is 182 Å². The molecule has 0 atom stereocenters. The van der Waals surface area contributed by atoms with Gasteiger partial charge in [-0.2, -0.15) is 0 Å². The second-order valence-electron chi connectivity index (χ2n) is 22.6. The van der Waals surface area contributed by atoms with Gasteiger partial charge in [-0.25, -0.2) is 14.4 Å². The molecule has 0 saturated heterocycles. The lowest BCUT2D eigenvalue weighted by molar-refractivity contribution is 0.0509. The second-order valence-corrected chi connectivity index (χ2v) is 28.3. The molecule has 0 radical (unpaired) electrons. The number of fused-ring (bicyclic) bond motifs is 4. The number of halogens is 2. The first-order valence-corrected chi connectivity index (χ1v) is 30.5. The van der Waals surface area contributed by atoms with Crippen LogP contribution in [-0.2, 0) is 40.4 Å². The van der Waals surface area contributed by atoms with Crippen LogP contribution in [0.15, 0.2) is 138 Å². The molecule has 4 heterocycles. The third kappa shape index (κ3) is 22.7. The van der Waals surface area contributed by atoms with E-state index in [1.54, 1.807) is 129 Å². The monoisotopic (exact) mass is 1260 g/mol. The zero-order valence-corrected chi connectivity index (χ0v) is 52.7. The molecule has 0 bridgehead atoms. The molecule has 446 valence electrons. The first kappa shape index (κ1) is 68.7. The fourth-order valence-corrected chi connectivity index (χ4v) is 7.98. The van der Waals surface area contributed by atoms with Gasteiger partial charge in [0.15, 0.2) is 21.7 Å². The number of hydrogen-bond donors (Lipinski definition) is 4. The van der Waals surface area contributed by atoms with Gasteiger partial charge in [0.25, 0.3) is 0 Å². The van der Waals surface area contributed by atoms with Crippen molar-refractivity contribution in [3.8, 4) is 36.2 Å². The molecule has 3 amide bonds. The number of amides is 3. The average molecular weight is 1260 g/mol. The molecule has 4 aromatic carbocycles. The Hall–Kier alpha value is -8.84. The smallest absolute Gasteiger partial charge is 0.408 e. The summed E-state index contributed by atoms with van der Waals surface area (Å²) in [5.41, 5.74) is 10.3. The number of ether oxygens (including phenoxy) is 3. The lowest BCUT2D eigenvalue weighted by atomic mass is 10.1. The molecular formula is C64H68BrClN4O14Si. The molecule has 0 aliphatic heterocycles. The fourth-order valence-electron chi connectivity index (χ4n) is 7.10. The van der Waals surface area contributed by atoms with E-state index in [-0.39, 0.29) is 60.3 Å². The Kier molecular flexibility index (Phi) is 23.9. The summed E-state index contributed by atoms with van der Waals surface area (Å²) in [7, 11) is -1.48. The molecule has 0 aliphatic rings. The zero-order chi connectivity index (χ0) is 62.3. The van der Waals surface area contributed by atoms with Gasteiger partial charge in [0.1, 0.15) is 70.3 Å². The van der Waals surface area contributed by atoms with E-state index in [1.165, 1.54) is 24.3 Å². The van der Waals surface area contributed by atoms with Gasteiger partial charge in [-0.05, 0) is 135 Å². The Labute approximate surface area is 507 Å². The van der Waals surface area contributed by atoms with Crippen molar-refractivity contribution in [2.75, 3.05) is 0 Å². The summed E-state index contributed by atoms with van der Waals surface area (Å²) < 4.78 is 38.5. The Morgan fingerprint density at radius 2 is 0.788 bits per heavy atom. The first-order chi connectivity index (χ1) is 39.2. The molecule has 85 heavy (non-hydrogen) atoms. The van der Waals surface area contributed by atoms with Gasteiger partial charge in [-0.1, -0.05) is 53.3 Å². The number of nitrogens with two attached hydrogens (primary N) is 1. The van der Waals surface area contributed by atoms with Gasteiger partial charge in [-0.15, -0.1) is 30.8 Å². The minimum Gasteiger partial charge on any atom is -0.459 e. The van der Waals surface area contributed by atoms with Crippen molar-refractivity contribution in [1.29, 1.82) is 0 Å². The van der Waals surface area contributed by atoms with Crippen LogP contribution in [0.4, 0.5) is 14.4 Å². The maximum absolute atomic E-state index is 12.4. The van der Waals surface area contributed by atoms with Crippen molar-refractivity contribution in [1.82, 2.24) is 16.0 Å². The number of rotatable bonds is 7. The van der Waals surface area contributed by atoms with E-state index in [4.69, 9.17) is 50.5 Å². The number of carbonyl (C=O) groups is 3. The van der Waals surface area contributed by atoms with Crippen LogP contribution >= 0.6 is 28.3 Å². The highest BCUT2D eigenvalue weighted by Crippen LogP contribution is 2.20. The largest absolute Gasteiger partial charge is 0.459 e. The maximum Gasteiger partial charge on any atom is 0.408 e. The predicted molar refractivity (Wildman–Crippen MR) is 338 cm³/mol. The van der Waals surface area contributed by atoms with E-state index < -0.39 is 43.2 Å². The molecule has 8 aromatic rings. The highest BCUT2D eigenvalue weighted by Gasteiger charge is 2.19. The number of carbonyl (C=O) groups excluding carboxylic acids is 3. The van der Waals surface area contributed by atoms with E-state index in [1.807, 2.05) is 6.07 Å². The summed E-state index contributed by atoms with van der Waals surface area (Å²) in [5, 5.41) is 9.56. The van der Waals surface area contributed by atoms with Crippen LogP contribution < -0.4 is 43.4 Å². The van der Waals surface area contributed by atoms with Gasteiger partial charge in [0, 0.05) is 45.4 Å². The van der Waals surface area contributed by atoms with Crippen molar-refractivity contribution in [2.24, 2.45) is 5.73 Å². The summed E-state index contributed by atoms with van der Waals surface area (Å²) in [6.45, 7) is 22.9. The van der Waals surface area contributed by atoms with Crippen molar-refractivity contribution in [3.63, 3.8) is 0 Å². The Morgan fingerprint density at radius 3 is 1.11 bits per heavy atom. The summed E-state index contributed by atoms with van der Waals surface area (Å²) in [4.78, 5) is 83.0. The number of hydrogen-bond acceptors (Lipinski definition) is 15. The van der Waals surface area contributed by atoms with E-state index in [9.17, 15) is 33.6 Å². The predicted octanol–water partition coefficient (Wildman–Crippen LogP) is 12.1. The quantitative estimate of drug-likeness (QED) is 0.0657. The van der Waals surface area contributed by atoms with Crippen molar-refractivity contribution < 1.29 is 46.3 Å². The molecule has 0 saturated carbocycles. The van der Waals surface area contributed by atoms with Gasteiger partial charge in [-0.3, -0.25) is 19.2 Å². The van der Waals surface area contributed by atoms with Gasteiger partial charge in [0.05, 0.1) is 47.7 Å². The Bertz CT molecular complexity index is 4150. The molecule has 4 aromatic heterocycles. The summed E-state index contributed by atoms with van der Waals surface area (Å²) >= 11 is 3.31. The number of alkyl carbamates (subject to hydrolysis) is 3. The molecule has 0 fully saturated rings. The number of nitrogens with one attached hydrogen (secondary N) is 3. The normalized spacial score (nSPS) is 11.0. The maximum atomic E-state index is 12.4. The van der Waals surface area contributed by atoms with E-state index in [2.05, 4.69) is 74.8 Å². The molecular weight excluding hydrogens is 1190 g/mol. The molecule has 0 spiro atoms. The first-order valence-electron chi connectivity index (χ1n) is 26.2. The average Bonchev–Trinajstić information content (AvgIpc) is 3.61. The molecule has 18 nitrogen and oxygen atoms in total. The Balaban J connectivity index is 0.000000246. The number of benzene rings is 4. The van der Waals surface area contributed by atoms with Crippen LogP contribution in [0.3, 0.4) is 0 Å². The van der Waals surface area contributed by atoms with E-state index in [0.717, 1.165) is 10.0 Å². The molecule has 0 unspecified atom stereocenters. The van der Waals surface area contributed by atoms with Gasteiger partial charge < -0.3 is 53.6 Å². The Morgan fingerprint density at radius 1 is 0.494 bits per heavy atom. The summed E-state index contributed by atoms with van der Waals surface area (Å²) in [6, 6.07) is 26.0. The van der Waals surface area contributed by atoms with Crippen LogP contribution in [0.1, 0.15) is 102 Å². The van der Waals surface area contributed by atoms with Crippen LogP contribution in [0, 0.1) is 36.2 Å². The number of terminal acetylenes is 2. The van der Waals surface area contributed by atoms with Gasteiger partial charge >= 0.3 is 18.3 Å². The highest BCUT2D eigenvalue weighted by atomic mass is 79.9. The molecule has 5 N–H and O–H groups in total. The fraction of sp³-hybridized carbons (Fsp3) is 0.297. The van der Waals surface area contributed by atoms with Crippen LogP contribution in [0.2, 0.25) is 19.6 Å². The highest BCUT2D eigenvalue weighted by molar-refractivity contribution is 9.10. The summed E-state index contributed by atoms with van der Waals surface area (Å²) in [6.07, 6.45) is 8.87. The zero-order valence-electron chi connectivity index (χ0n) is 49.3. The van der Waals surface area contributed by atoms with Gasteiger partial charge in [0.2, 0.25) is 0 Å². The topological polar surface area (TPSA) is 262 Å². The standard InChI is InChI=1S/C20H25NO4Si.C17H17NO4.C15H16BrNO4.C12H9NO2.ClH/c1-20(2,3)25-19(23)21-13-15-12-17(22)16-11-14(7-8-18(16)24-15)9-10-26(4,5)6;1-5-11-6-7-15-13(8-11)14(19)9-12(21-15)10-18-16(20)22-17(2,3)4;1-15(2,3)21-14(19)17-8-10-7-12(18)11-6-9(16)4-5-13(11)20-10;1-2-8-3-4-12-10(5-8)11(14)6-9(7-13)15-12;/h7-8,11-12H,13H2,1-6H3,(H,21,23);1,6-9H,10H2,2-4H3,(H,18,20);4-7H,8H2,1-3H3,(H,17,19);1,3-6H,7,13H2;1H. The lowest BCUT2D eigenvalue weighted by Gasteiger charge is -2.19. The SMILES string of the molecule is C#Cc1ccc2oc(CN)cc(=O)c2c1.C#Cc1ccc2oc(CNC(=O)OC(C)(C)C)cc(=O)c2c1.CC(C)(C)OC(=O)NCc1cc(=O)c2cc(Br)ccc2o1.CC(C)(C)OC(=O)NCc1cc(=O)c2cc(C#C[Si](C)(C)C)ccc2o1.Cl. The summed E-state index contributed by atoms with van der Waals surface area (Å²) in [5.74, 6) is 9.64.